The molecule has 1 heterocycles. The summed E-state index contributed by atoms with van der Waals surface area (Å²) in [5.41, 5.74) is 0.559. The smallest absolute Gasteiger partial charge is 0.349 e. The van der Waals surface area contributed by atoms with Crippen LogP contribution in [0.15, 0.2) is 69.3 Å². The number of ether oxygens (including phenoxy) is 2. The summed E-state index contributed by atoms with van der Waals surface area (Å²) in [7, 11) is 0. The molecule has 34 heavy (non-hydrogen) atoms. The van der Waals surface area contributed by atoms with Gasteiger partial charge in [-0.15, -0.1) is 4.68 Å². The van der Waals surface area contributed by atoms with Gasteiger partial charge in [0.2, 0.25) is 0 Å². The molecular weight excluding hydrogens is 501 g/mol. The number of fused-ring (bicyclic) bond motifs is 1. The number of hydrogen-bond donors (Lipinski definition) is 1. The Morgan fingerprint density at radius 1 is 0.971 bits per heavy atom. The van der Waals surface area contributed by atoms with Crippen LogP contribution in [0.25, 0.3) is 10.9 Å². The Bertz CT molecular complexity index is 1510. The van der Waals surface area contributed by atoms with E-state index in [2.05, 4.69) is 10.1 Å². The zero-order valence-corrected chi connectivity index (χ0v) is 20.1. The number of rotatable bonds is 7. The van der Waals surface area contributed by atoms with Crippen molar-refractivity contribution >= 4 is 51.9 Å². The molecule has 0 saturated heterocycles. The normalized spacial score (nSPS) is 11.3. The molecule has 1 N–H and O–H groups in total. The van der Waals surface area contributed by atoms with E-state index in [-0.39, 0.29) is 11.6 Å². The Balaban J connectivity index is 1.64. The topological polar surface area (TPSA) is 85.7 Å². The minimum atomic E-state index is -0.655. The lowest BCUT2D eigenvalue weighted by Gasteiger charge is -2.14. The van der Waals surface area contributed by atoms with Gasteiger partial charge in [-0.2, -0.15) is 5.10 Å². The monoisotopic (exact) mass is 517 g/mol. The quantitative estimate of drug-likeness (QED) is 0.327. The van der Waals surface area contributed by atoms with Gasteiger partial charge in [-0.25, -0.2) is 4.79 Å². The van der Waals surface area contributed by atoms with Crippen molar-refractivity contribution < 1.29 is 9.47 Å². The van der Waals surface area contributed by atoms with Crippen molar-refractivity contribution in [2.45, 2.75) is 13.5 Å². The molecule has 10 heteroatoms. The first-order chi connectivity index (χ1) is 16.4. The first kappa shape index (κ1) is 23.9. The molecule has 1 aromatic heterocycles. The van der Waals surface area contributed by atoms with Crippen molar-refractivity contribution in [1.29, 1.82) is 0 Å². The summed E-state index contributed by atoms with van der Waals surface area (Å²) in [5.74, 6) is 0.726. The second-order valence-corrected chi connectivity index (χ2v) is 8.36. The van der Waals surface area contributed by atoms with Gasteiger partial charge in [0.15, 0.2) is 11.5 Å². The van der Waals surface area contributed by atoms with Crippen LogP contribution in [-0.2, 0) is 6.61 Å². The van der Waals surface area contributed by atoms with E-state index < -0.39 is 11.2 Å². The molecule has 0 aliphatic carbocycles. The summed E-state index contributed by atoms with van der Waals surface area (Å²) in [5, 5.41) is 5.55. The predicted molar refractivity (Wildman–Crippen MR) is 135 cm³/mol. The number of para-hydroxylation sites is 1. The van der Waals surface area contributed by atoms with Crippen LogP contribution in [0.2, 0.25) is 15.1 Å². The van der Waals surface area contributed by atoms with Crippen molar-refractivity contribution in [2.24, 2.45) is 5.10 Å². The lowest BCUT2D eigenvalue weighted by molar-refractivity contribution is 0.269. The van der Waals surface area contributed by atoms with Crippen LogP contribution >= 0.6 is 34.8 Å². The molecule has 0 unspecified atom stereocenters. The molecule has 4 aromatic rings. The minimum absolute atomic E-state index is 0.186. The maximum absolute atomic E-state index is 12.7. The van der Waals surface area contributed by atoms with Crippen molar-refractivity contribution in [3.8, 4) is 11.5 Å². The van der Waals surface area contributed by atoms with Crippen molar-refractivity contribution in [3.05, 3.63) is 102 Å². The molecule has 7 nitrogen and oxygen atoms in total. The van der Waals surface area contributed by atoms with Crippen LogP contribution in [0.4, 0.5) is 0 Å². The molecule has 0 bridgehead atoms. The van der Waals surface area contributed by atoms with Gasteiger partial charge < -0.3 is 14.5 Å². The number of H-pyrrole nitrogens is 1. The number of halogens is 3. The van der Waals surface area contributed by atoms with Crippen LogP contribution in [-0.4, -0.2) is 22.5 Å². The Labute approximate surface area is 209 Å². The second-order valence-electron chi connectivity index (χ2n) is 7.14. The molecule has 0 fully saturated rings. The second kappa shape index (κ2) is 10.3. The van der Waals surface area contributed by atoms with Gasteiger partial charge in [0.25, 0.3) is 5.56 Å². The third kappa shape index (κ3) is 5.12. The molecule has 3 aromatic carbocycles. The summed E-state index contributed by atoms with van der Waals surface area (Å²) in [6.45, 7) is 2.38. The lowest BCUT2D eigenvalue weighted by atomic mass is 10.2. The van der Waals surface area contributed by atoms with E-state index in [9.17, 15) is 9.59 Å². The largest absolute Gasteiger partial charge is 0.490 e. The van der Waals surface area contributed by atoms with Crippen molar-refractivity contribution in [1.82, 2.24) is 9.66 Å². The highest BCUT2D eigenvalue weighted by molar-refractivity contribution is 6.42. The van der Waals surface area contributed by atoms with Gasteiger partial charge in [0, 0.05) is 0 Å². The maximum Gasteiger partial charge on any atom is 0.349 e. The van der Waals surface area contributed by atoms with E-state index in [0.717, 1.165) is 10.2 Å². The van der Waals surface area contributed by atoms with Gasteiger partial charge in [0.05, 0.1) is 38.8 Å². The van der Waals surface area contributed by atoms with E-state index in [0.29, 0.717) is 44.6 Å². The molecule has 0 aliphatic rings. The third-order valence-corrected chi connectivity index (χ3v) is 5.82. The van der Waals surface area contributed by atoms with Crippen molar-refractivity contribution in [3.63, 3.8) is 0 Å². The van der Waals surface area contributed by atoms with Crippen LogP contribution in [0.5, 0.6) is 11.5 Å². The first-order valence-corrected chi connectivity index (χ1v) is 11.3. The Morgan fingerprint density at radius 3 is 2.53 bits per heavy atom. The fourth-order valence-electron chi connectivity index (χ4n) is 3.23. The van der Waals surface area contributed by atoms with Crippen LogP contribution in [0.3, 0.4) is 0 Å². The molecule has 0 atom stereocenters. The van der Waals surface area contributed by atoms with Crippen molar-refractivity contribution in [2.75, 3.05) is 6.61 Å². The number of aromatic nitrogens is 2. The zero-order chi connectivity index (χ0) is 24.2. The standard InChI is InChI=1S/C24H18Cl3N3O4/c1-2-33-21-11-15(10-19(27)22(21)34-13-14-7-8-17(25)18(26)9-14)12-28-30-23(31)16-5-3-4-6-20(16)29-24(30)32/h3-12H,2,13H2,1H3,(H,29,32). The Kier molecular flexibility index (Phi) is 7.26. The molecule has 0 radical (unpaired) electrons. The minimum Gasteiger partial charge on any atom is -0.490 e. The number of aromatic amines is 1. The number of nitrogens with zero attached hydrogens (tertiary/aromatic N) is 2. The van der Waals surface area contributed by atoms with Gasteiger partial charge in [0.1, 0.15) is 6.61 Å². The van der Waals surface area contributed by atoms with E-state index in [4.69, 9.17) is 44.3 Å². The lowest BCUT2D eigenvalue weighted by Crippen LogP contribution is -2.32. The highest BCUT2D eigenvalue weighted by Crippen LogP contribution is 2.37. The van der Waals surface area contributed by atoms with Gasteiger partial charge in [-0.05, 0) is 54.4 Å². The summed E-state index contributed by atoms with van der Waals surface area (Å²) in [4.78, 5) is 27.6. The number of hydrogen-bond acceptors (Lipinski definition) is 5. The number of benzene rings is 3. The molecule has 0 spiro atoms. The van der Waals surface area contributed by atoms with Crippen LogP contribution in [0.1, 0.15) is 18.1 Å². The van der Waals surface area contributed by atoms with E-state index >= 15 is 0 Å². The highest BCUT2D eigenvalue weighted by Gasteiger charge is 2.13. The third-order valence-electron chi connectivity index (χ3n) is 4.80. The van der Waals surface area contributed by atoms with Gasteiger partial charge in [-0.1, -0.05) is 53.0 Å². The predicted octanol–water partition coefficient (Wildman–Crippen LogP) is 5.51. The summed E-state index contributed by atoms with van der Waals surface area (Å²) >= 11 is 18.5. The van der Waals surface area contributed by atoms with Gasteiger partial charge in [-0.3, -0.25) is 4.79 Å². The Morgan fingerprint density at radius 2 is 1.76 bits per heavy atom. The van der Waals surface area contributed by atoms with Gasteiger partial charge >= 0.3 is 5.69 Å². The number of nitrogens with one attached hydrogen (secondary N) is 1. The molecule has 0 saturated carbocycles. The molecule has 174 valence electrons. The summed E-state index contributed by atoms with van der Waals surface area (Å²) < 4.78 is 12.3. The first-order valence-electron chi connectivity index (χ1n) is 10.2. The van der Waals surface area contributed by atoms with Crippen LogP contribution in [0, 0.1) is 0 Å². The SMILES string of the molecule is CCOc1cc(C=Nn2c(=O)[nH]c3ccccc3c2=O)cc(Cl)c1OCc1ccc(Cl)c(Cl)c1. The molecule has 0 amide bonds. The van der Waals surface area contributed by atoms with E-state index in [1.165, 1.54) is 6.21 Å². The van der Waals surface area contributed by atoms with E-state index in [1.54, 1.807) is 54.6 Å². The zero-order valence-electron chi connectivity index (χ0n) is 17.8. The fraction of sp³-hybridized carbons (Fsp3) is 0.125. The van der Waals surface area contributed by atoms with E-state index in [1.807, 2.05) is 6.92 Å². The highest BCUT2D eigenvalue weighted by atomic mass is 35.5. The summed E-state index contributed by atoms with van der Waals surface area (Å²) in [6.07, 6.45) is 1.35. The maximum atomic E-state index is 12.7. The fourth-order valence-corrected chi connectivity index (χ4v) is 3.83. The molecule has 4 rings (SSSR count). The average molecular weight is 519 g/mol. The average Bonchev–Trinajstić information content (AvgIpc) is 2.81. The molecular formula is C24H18Cl3N3O4. The molecule has 0 aliphatic heterocycles. The summed E-state index contributed by atoms with van der Waals surface area (Å²) in [6, 6.07) is 15.1. The van der Waals surface area contributed by atoms with Crippen LogP contribution < -0.4 is 20.7 Å². The Hall–Kier alpha value is -3.26.